The molecule has 2 nitrogen and oxygen atoms in total. The quantitative estimate of drug-likeness (QED) is 0.865. The zero-order valence-electron chi connectivity index (χ0n) is 10.4. The number of nitrogens with one attached hydrogen (secondary N) is 1. The number of hydrogen-bond acceptors (Lipinski definition) is 1. The van der Waals surface area contributed by atoms with Crippen LogP contribution in [0.25, 0.3) is 0 Å². The van der Waals surface area contributed by atoms with Crippen LogP contribution in [0.15, 0.2) is 18.2 Å². The fourth-order valence-electron chi connectivity index (χ4n) is 2.04. The molecule has 0 amide bonds. The van der Waals surface area contributed by atoms with E-state index >= 15 is 0 Å². The molecule has 4 heteroatoms. The van der Waals surface area contributed by atoms with Gasteiger partial charge in [0.05, 0.1) is 15.7 Å². The molecule has 0 aromatic heterocycles. The third-order valence-corrected chi connectivity index (χ3v) is 4.63. The van der Waals surface area contributed by atoms with E-state index in [1.807, 2.05) is 26.8 Å². The minimum absolute atomic E-state index is 0.0146. The average molecular weight is 255 g/mol. The van der Waals surface area contributed by atoms with Gasteiger partial charge in [-0.2, -0.15) is 0 Å². The van der Waals surface area contributed by atoms with Crippen molar-refractivity contribution in [2.45, 2.75) is 44.4 Å². The number of hydrogen-bond donors (Lipinski definition) is 1. The van der Waals surface area contributed by atoms with Gasteiger partial charge in [0.2, 0.25) is 0 Å². The van der Waals surface area contributed by atoms with E-state index in [9.17, 15) is 8.60 Å². The Bertz CT molecular complexity index is 453. The fraction of sp³-hybridized carbons (Fsp3) is 0.538. The first-order chi connectivity index (χ1) is 7.89. The van der Waals surface area contributed by atoms with Crippen LogP contribution < -0.4 is 4.72 Å². The Morgan fingerprint density at radius 3 is 2.76 bits per heavy atom. The van der Waals surface area contributed by atoms with Crippen molar-refractivity contribution in [1.82, 2.24) is 4.72 Å². The Kier molecular flexibility index (Phi) is 3.36. The second kappa shape index (κ2) is 4.50. The molecule has 0 unspecified atom stereocenters. The Balaban J connectivity index is 2.18. The monoisotopic (exact) mass is 255 g/mol. The van der Waals surface area contributed by atoms with Gasteiger partial charge in [0.25, 0.3) is 0 Å². The Morgan fingerprint density at radius 1 is 1.41 bits per heavy atom. The molecule has 17 heavy (non-hydrogen) atoms. The van der Waals surface area contributed by atoms with Crippen molar-refractivity contribution in [2.75, 3.05) is 0 Å². The molecule has 1 aromatic carbocycles. The number of fused-ring (bicyclic) bond motifs is 1. The highest BCUT2D eigenvalue weighted by Crippen LogP contribution is 2.33. The molecule has 1 aromatic rings. The molecule has 0 spiro atoms. The van der Waals surface area contributed by atoms with Crippen molar-refractivity contribution in [3.8, 4) is 0 Å². The molecule has 0 saturated heterocycles. The predicted octanol–water partition coefficient (Wildman–Crippen LogP) is 2.86. The molecule has 0 fully saturated rings. The summed E-state index contributed by atoms with van der Waals surface area (Å²) < 4.78 is 28.4. The summed E-state index contributed by atoms with van der Waals surface area (Å²) in [6, 6.07) is 5.14. The minimum Gasteiger partial charge on any atom is -0.242 e. The molecule has 0 aliphatic heterocycles. The van der Waals surface area contributed by atoms with Crippen LogP contribution in [-0.4, -0.2) is 8.96 Å². The molecule has 1 aliphatic carbocycles. The summed E-state index contributed by atoms with van der Waals surface area (Å²) in [5.74, 6) is -0.145. The molecular weight excluding hydrogens is 237 g/mol. The molecule has 1 aliphatic rings. The molecular formula is C13H18FNOS. The van der Waals surface area contributed by atoms with Gasteiger partial charge in [0.15, 0.2) is 0 Å². The van der Waals surface area contributed by atoms with E-state index in [4.69, 9.17) is 0 Å². The van der Waals surface area contributed by atoms with E-state index in [1.54, 1.807) is 6.07 Å². The third kappa shape index (κ3) is 2.58. The summed E-state index contributed by atoms with van der Waals surface area (Å²) in [7, 11) is -1.11. The van der Waals surface area contributed by atoms with E-state index in [0.717, 1.165) is 24.0 Å². The molecule has 0 saturated carbocycles. The highest BCUT2D eigenvalue weighted by atomic mass is 32.2. The van der Waals surface area contributed by atoms with Crippen LogP contribution >= 0.6 is 0 Å². The van der Waals surface area contributed by atoms with Gasteiger partial charge < -0.3 is 0 Å². The predicted molar refractivity (Wildman–Crippen MR) is 68.5 cm³/mol. The molecule has 0 bridgehead atoms. The van der Waals surface area contributed by atoms with Gasteiger partial charge in [0, 0.05) is 6.04 Å². The van der Waals surface area contributed by atoms with Gasteiger partial charge in [0.1, 0.15) is 5.82 Å². The second-order valence-corrected chi connectivity index (χ2v) is 7.40. The molecule has 0 radical (unpaired) electrons. The zero-order chi connectivity index (χ0) is 12.6. The van der Waals surface area contributed by atoms with Crippen molar-refractivity contribution in [2.24, 2.45) is 0 Å². The van der Waals surface area contributed by atoms with Crippen molar-refractivity contribution < 1.29 is 8.60 Å². The zero-order valence-corrected chi connectivity index (χ0v) is 11.2. The van der Waals surface area contributed by atoms with Crippen LogP contribution in [0, 0.1) is 5.82 Å². The van der Waals surface area contributed by atoms with Crippen LogP contribution in [0.1, 0.15) is 44.4 Å². The Morgan fingerprint density at radius 2 is 2.12 bits per heavy atom. The SMILES string of the molecule is CC(C)(C)[S@](=O)N[C@H]1CCc2c(F)cccc21. The second-order valence-electron chi connectivity index (χ2n) is 5.40. The lowest BCUT2D eigenvalue weighted by atomic mass is 10.1. The minimum atomic E-state index is -1.11. The first-order valence-corrected chi connectivity index (χ1v) is 7.00. The van der Waals surface area contributed by atoms with E-state index < -0.39 is 11.0 Å². The van der Waals surface area contributed by atoms with Crippen molar-refractivity contribution in [1.29, 1.82) is 0 Å². The highest BCUT2D eigenvalue weighted by molar-refractivity contribution is 7.84. The van der Waals surface area contributed by atoms with Gasteiger partial charge in [-0.15, -0.1) is 0 Å². The Hall–Kier alpha value is -0.740. The van der Waals surface area contributed by atoms with Crippen LogP contribution in [0.3, 0.4) is 0 Å². The highest BCUT2D eigenvalue weighted by Gasteiger charge is 2.29. The summed E-state index contributed by atoms with van der Waals surface area (Å²) >= 11 is 0. The lowest BCUT2D eigenvalue weighted by Gasteiger charge is -2.22. The first kappa shape index (κ1) is 12.7. The maximum Gasteiger partial charge on any atom is 0.126 e. The topological polar surface area (TPSA) is 29.1 Å². The van der Waals surface area contributed by atoms with E-state index in [1.165, 1.54) is 6.07 Å². The summed E-state index contributed by atoms with van der Waals surface area (Å²) in [6.45, 7) is 5.78. The van der Waals surface area contributed by atoms with Crippen LogP contribution in [0.5, 0.6) is 0 Å². The van der Waals surface area contributed by atoms with E-state index in [0.29, 0.717) is 0 Å². The lowest BCUT2D eigenvalue weighted by molar-refractivity contribution is 0.595. The molecule has 0 heterocycles. The van der Waals surface area contributed by atoms with Crippen LogP contribution in [0.2, 0.25) is 0 Å². The summed E-state index contributed by atoms with van der Waals surface area (Å²) in [6.07, 6.45) is 1.54. The van der Waals surface area contributed by atoms with Crippen molar-refractivity contribution in [3.63, 3.8) is 0 Å². The summed E-state index contributed by atoms with van der Waals surface area (Å²) in [5, 5.41) is 0. The summed E-state index contributed by atoms with van der Waals surface area (Å²) in [4.78, 5) is 0. The summed E-state index contributed by atoms with van der Waals surface area (Å²) in [5.41, 5.74) is 1.73. The van der Waals surface area contributed by atoms with Gasteiger partial charge in [-0.3, -0.25) is 0 Å². The molecule has 2 atom stereocenters. The lowest BCUT2D eigenvalue weighted by Crippen LogP contribution is -2.35. The molecule has 1 N–H and O–H groups in total. The van der Waals surface area contributed by atoms with Gasteiger partial charge in [-0.25, -0.2) is 13.3 Å². The van der Waals surface area contributed by atoms with Crippen LogP contribution in [-0.2, 0) is 17.4 Å². The third-order valence-electron chi connectivity index (χ3n) is 3.02. The van der Waals surface area contributed by atoms with Gasteiger partial charge in [-0.1, -0.05) is 12.1 Å². The maximum absolute atomic E-state index is 13.5. The van der Waals surface area contributed by atoms with E-state index in [-0.39, 0.29) is 16.6 Å². The molecule has 94 valence electrons. The fourth-order valence-corrected chi connectivity index (χ4v) is 2.89. The van der Waals surface area contributed by atoms with Crippen molar-refractivity contribution in [3.05, 3.63) is 35.1 Å². The maximum atomic E-state index is 13.5. The van der Waals surface area contributed by atoms with Gasteiger partial charge in [-0.05, 0) is 50.8 Å². The normalized spacial score (nSPS) is 21.3. The number of halogens is 1. The first-order valence-electron chi connectivity index (χ1n) is 5.85. The van der Waals surface area contributed by atoms with Crippen molar-refractivity contribution >= 4 is 11.0 Å². The van der Waals surface area contributed by atoms with Crippen LogP contribution in [0.4, 0.5) is 4.39 Å². The standard InChI is InChI=1S/C13H18FNOS/c1-13(2,3)17(16)15-12-8-7-9-10(12)5-4-6-11(9)14/h4-6,12,15H,7-8H2,1-3H3/t12-,17-/m0/s1. The van der Waals surface area contributed by atoms with E-state index in [2.05, 4.69) is 4.72 Å². The number of benzene rings is 1. The molecule has 2 rings (SSSR count). The largest absolute Gasteiger partial charge is 0.242 e. The van der Waals surface area contributed by atoms with Gasteiger partial charge >= 0.3 is 0 Å². The number of rotatable bonds is 2. The Labute approximate surface area is 104 Å². The smallest absolute Gasteiger partial charge is 0.126 e. The average Bonchev–Trinajstić information content (AvgIpc) is 2.62.